The first-order valence-corrected chi connectivity index (χ1v) is 10.1. The highest BCUT2D eigenvalue weighted by Crippen LogP contribution is 2.34. The van der Waals surface area contributed by atoms with E-state index >= 15 is 0 Å². The number of benzene rings is 2. The molecule has 0 atom stereocenters. The van der Waals surface area contributed by atoms with Gasteiger partial charge in [0, 0.05) is 34.3 Å². The fraction of sp³-hybridized carbons (Fsp3) is 0.318. The lowest BCUT2D eigenvalue weighted by atomic mass is 9.92. The smallest absolute Gasteiger partial charge is 0.299 e. The largest absolute Gasteiger partial charge is 0.416 e. The van der Waals surface area contributed by atoms with E-state index in [0.717, 1.165) is 43.8 Å². The van der Waals surface area contributed by atoms with Crippen LogP contribution >= 0.6 is 11.6 Å². The number of halogens is 5. The van der Waals surface area contributed by atoms with Gasteiger partial charge in [0.2, 0.25) is 0 Å². The molecule has 0 spiro atoms. The van der Waals surface area contributed by atoms with E-state index in [1.165, 1.54) is 12.1 Å². The van der Waals surface area contributed by atoms with Crippen LogP contribution in [0.4, 0.5) is 17.6 Å². The first-order valence-electron chi connectivity index (χ1n) is 9.69. The first-order chi connectivity index (χ1) is 14.3. The molecule has 2 aromatic carbocycles. The van der Waals surface area contributed by atoms with E-state index in [-0.39, 0.29) is 11.7 Å². The fourth-order valence-electron chi connectivity index (χ4n) is 3.86. The molecule has 1 aliphatic heterocycles. The van der Waals surface area contributed by atoms with Gasteiger partial charge in [-0.1, -0.05) is 29.8 Å². The average Bonchev–Trinajstić information content (AvgIpc) is 3.21. The van der Waals surface area contributed by atoms with Crippen LogP contribution in [0.3, 0.4) is 0 Å². The third kappa shape index (κ3) is 4.52. The summed E-state index contributed by atoms with van der Waals surface area (Å²) in [5, 5.41) is 7.63. The van der Waals surface area contributed by atoms with Crippen molar-refractivity contribution >= 4 is 11.6 Å². The number of rotatable bonds is 4. The zero-order valence-electron chi connectivity index (χ0n) is 16.0. The lowest BCUT2D eigenvalue weighted by molar-refractivity contribution is -0.137. The minimum absolute atomic E-state index is 0.226. The molecule has 3 aromatic rings. The molecule has 1 aliphatic rings. The van der Waals surface area contributed by atoms with Gasteiger partial charge in [0.15, 0.2) is 0 Å². The molecular formula is C22H20ClF4N3. The summed E-state index contributed by atoms with van der Waals surface area (Å²) in [5.41, 5.74) is 1.65. The highest BCUT2D eigenvalue weighted by atomic mass is 35.5. The van der Waals surface area contributed by atoms with Gasteiger partial charge in [0.1, 0.15) is 5.82 Å². The molecule has 158 valence electrons. The molecule has 3 nitrogen and oxygen atoms in total. The predicted molar refractivity (Wildman–Crippen MR) is 108 cm³/mol. The minimum Gasteiger partial charge on any atom is -0.299 e. The summed E-state index contributed by atoms with van der Waals surface area (Å²) in [6, 6.07) is 11.7. The first kappa shape index (κ1) is 20.9. The van der Waals surface area contributed by atoms with Crippen LogP contribution < -0.4 is 0 Å². The van der Waals surface area contributed by atoms with E-state index in [9.17, 15) is 17.6 Å². The van der Waals surface area contributed by atoms with E-state index in [4.69, 9.17) is 11.6 Å². The molecule has 8 heteroatoms. The summed E-state index contributed by atoms with van der Waals surface area (Å²) >= 11 is 6.12. The van der Waals surface area contributed by atoms with Gasteiger partial charge in [-0.25, -0.2) is 4.39 Å². The van der Waals surface area contributed by atoms with Gasteiger partial charge in [-0.15, -0.1) is 0 Å². The van der Waals surface area contributed by atoms with Crippen LogP contribution in [-0.4, -0.2) is 28.2 Å². The third-order valence-electron chi connectivity index (χ3n) is 5.55. The van der Waals surface area contributed by atoms with Crippen molar-refractivity contribution in [2.24, 2.45) is 0 Å². The van der Waals surface area contributed by atoms with E-state index in [2.05, 4.69) is 15.1 Å². The van der Waals surface area contributed by atoms with Crippen LogP contribution in [0.1, 0.15) is 35.6 Å². The summed E-state index contributed by atoms with van der Waals surface area (Å²) < 4.78 is 52.9. The minimum atomic E-state index is -4.39. The van der Waals surface area contributed by atoms with Crippen molar-refractivity contribution in [3.8, 4) is 11.3 Å². The lowest BCUT2D eigenvalue weighted by Gasteiger charge is -2.31. The molecule has 1 fully saturated rings. The summed E-state index contributed by atoms with van der Waals surface area (Å²) in [6.45, 7) is 2.00. The van der Waals surface area contributed by atoms with Gasteiger partial charge in [-0.3, -0.25) is 10.00 Å². The zero-order valence-corrected chi connectivity index (χ0v) is 16.8. The number of hydrogen-bond donors (Lipinski definition) is 1. The summed E-state index contributed by atoms with van der Waals surface area (Å²) in [4.78, 5) is 2.16. The number of H-pyrrole nitrogens is 1. The van der Waals surface area contributed by atoms with Crippen molar-refractivity contribution in [2.75, 3.05) is 13.1 Å². The van der Waals surface area contributed by atoms with Gasteiger partial charge in [0.25, 0.3) is 0 Å². The van der Waals surface area contributed by atoms with Crippen molar-refractivity contribution in [1.82, 2.24) is 15.1 Å². The summed E-state index contributed by atoms with van der Waals surface area (Å²) in [6.07, 6.45) is -2.70. The molecule has 1 saturated heterocycles. The van der Waals surface area contributed by atoms with Crippen molar-refractivity contribution in [3.63, 3.8) is 0 Å². The lowest BCUT2D eigenvalue weighted by Crippen LogP contribution is -2.33. The van der Waals surface area contributed by atoms with Gasteiger partial charge in [0.05, 0.1) is 11.3 Å². The van der Waals surface area contributed by atoms with E-state index < -0.39 is 11.7 Å². The normalized spacial score (nSPS) is 16.2. The molecule has 1 aromatic heterocycles. The number of nitrogens with zero attached hydrogens (tertiary/aromatic N) is 2. The summed E-state index contributed by atoms with van der Waals surface area (Å²) in [5.74, 6) is -0.0756. The van der Waals surface area contributed by atoms with Gasteiger partial charge in [-0.2, -0.15) is 18.3 Å². The Labute approximate surface area is 176 Å². The number of piperidine rings is 1. The molecule has 0 radical (unpaired) electrons. The maximum absolute atomic E-state index is 14.0. The molecule has 4 rings (SSSR count). The fourth-order valence-corrected chi connectivity index (χ4v) is 4.08. The zero-order chi connectivity index (χ0) is 21.3. The molecule has 0 unspecified atom stereocenters. The Kier molecular flexibility index (Phi) is 5.84. The maximum Gasteiger partial charge on any atom is 0.416 e. The van der Waals surface area contributed by atoms with Gasteiger partial charge >= 0.3 is 6.18 Å². The van der Waals surface area contributed by atoms with Gasteiger partial charge in [-0.05, 0) is 56.3 Å². The molecule has 0 amide bonds. The number of alkyl halides is 3. The quantitative estimate of drug-likeness (QED) is 0.488. The Hall–Kier alpha value is -2.38. The van der Waals surface area contributed by atoms with Crippen LogP contribution in [0.25, 0.3) is 11.3 Å². The molecular weight excluding hydrogens is 418 g/mol. The molecule has 0 aliphatic carbocycles. The van der Waals surface area contributed by atoms with Crippen LogP contribution in [0.2, 0.25) is 5.02 Å². The Balaban J connectivity index is 1.41. The van der Waals surface area contributed by atoms with Crippen LogP contribution in [-0.2, 0) is 12.7 Å². The van der Waals surface area contributed by atoms with E-state index in [1.807, 2.05) is 6.07 Å². The number of hydrogen-bond acceptors (Lipinski definition) is 2. The Bertz CT molecular complexity index is 1000. The highest BCUT2D eigenvalue weighted by Gasteiger charge is 2.31. The number of aromatic nitrogens is 2. The SMILES string of the molecule is Fc1cccc(Cl)c1CN1CCC(c2cc(-c3cccc(C(F)(F)F)c3)n[nH]2)CC1. The molecule has 1 N–H and O–H groups in total. The molecule has 2 heterocycles. The number of likely N-dealkylation sites (tertiary alicyclic amines) is 1. The van der Waals surface area contributed by atoms with E-state index in [0.29, 0.717) is 28.4 Å². The van der Waals surface area contributed by atoms with Crippen LogP contribution in [0, 0.1) is 5.82 Å². The Morgan fingerprint density at radius 1 is 1.07 bits per heavy atom. The molecule has 0 bridgehead atoms. The van der Waals surface area contributed by atoms with Gasteiger partial charge < -0.3 is 0 Å². The number of nitrogens with one attached hydrogen (secondary N) is 1. The van der Waals surface area contributed by atoms with E-state index in [1.54, 1.807) is 18.2 Å². The second-order valence-corrected chi connectivity index (χ2v) is 7.94. The maximum atomic E-state index is 14.0. The molecule has 30 heavy (non-hydrogen) atoms. The average molecular weight is 438 g/mol. The Morgan fingerprint density at radius 3 is 2.50 bits per heavy atom. The second kappa shape index (κ2) is 8.40. The van der Waals surface area contributed by atoms with Crippen LogP contribution in [0.5, 0.6) is 0 Å². The highest BCUT2D eigenvalue weighted by molar-refractivity contribution is 6.31. The predicted octanol–water partition coefficient (Wildman–Crippen LogP) is 6.27. The second-order valence-electron chi connectivity index (χ2n) is 7.54. The summed E-state index contributed by atoms with van der Waals surface area (Å²) in [7, 11) is 0. The van der Waals surface area contributed by atoms with Crippen molar-refractivity contribution in [3.05, 3.63) is 76.2 Å². The number of aromatic amines is 1. The molecule has 0 saturated carbocycles. The van der Waals surface area contributed by atoms with Crippen LogP contribution in [0.15, 0.2) is 48.5 Å². The Morgan fingerprint density at radius 2 is 1.80 bits per heavy atom. The van der Waals surface area contributed by atoms with Crippen molar-refractivity contribution < 1.29 is 17.6 Å². The van der Waals surface area contributed by atoms with Crippen molar-refractivity contribution in [2.45, 2.75) is 31.5 Å². The van der Waals surface area contributed by atoms with Crippen molar-refractivity contribution in [1.29, 1.82) is 0 Å². The monoisotopic (exact) mass is 437 g/mol. The third-order valence-corrected chi connectivity index (χ3v) is 5.91. The standard InChI is InChI=1S/C22H20ClF4N3/c23-18-5-2-6-19(24)17(18)13-30-9-7-14(8-10-30)20-12-21(29-28-20)15-3-1-4-16(11-15)22(25,26)27/h1-6,11-12,14H,7-10,13H2,(H,28,29). The topological polar surface area (TPSA) is 31.9 Å².